The molecule has 102 valence electrons. The van der Waals surface area contributed by atoms with Gasteiger partial charge in [0.05, 0.1) is 6.61 Å². The molecule has 0 amide bonds. The molecule has 0 radical (unpaired) electrons. The largest absolute Gasteiger partial charge is 0.504 e. The van der Waals surface area contributed by atoms with E-state index in [0.29, 0.717) is 25.9 Å². The van der Waals surface area contributed by atoms with Crippen LogP contribution in [-0.4, -0.2) is 40.3 Å². The van der Waals surface area contributed by atoms with Crippen molar-refractivity contribution in [3.63, 3.8) is 0 Å². The molecule has 0 heterocycles. The summed E-state index contributed by atoms with van der Waals surface area (Å²) in [4.78, 5) is 0. The number of rotatable bonds is 9. The number of hydrogen-bond donors (Lipinski definition) is 1. The van der Waals surface area contributed by atoms with E-state index in [9.17, 15) is 0 Å². The topological polar surface area (TPSA) is 47.9 Å². The van der Waals surface area contributed by atoms with Crippen molar-refractivity contribution in [1.82, 2.24) is 0 Å². The molecule has 0 spiro atoms. The first-order valence-corrected chi connectivity index (χ1v) is 7.83. The average molecular weight is 262 g/mol. The van der Waals surface area contributed by atoms with Crippen LogP contribution in [0.25, 0.3) is 0 Å². The van der Waals surface area contributed by atoms with Gasteiger partial charge in [-0.1, -0.05) is 12.2 Å². The molecular weight excluding hydrogens is 236 g/mol. The number of aliphatic hydroxyl groups is 1. The summed E-state index contributed by atoms with van der Waals surface area (Å²) in [7, 11) is -2.41. The summed E-state index contributed by atoms with van der Waals surface area (Å²) in [5, 5.41) is 7.76. The average Bonchev–Trinajstić information content (AvgIpc) is 2.31. The van der Waals surface area contributed by atoms with Crippen molar-refractivity contribution in [3.05, 3.63) is 25.3 Å². The predicted octanol–water partition coefficient (Wildman–Crippen LogP) is 2.39. The van der Waals surface area contributed by atoms with Crippen molar-refractivity contribution in [1.29, 1.82) is 0 Å². The lowest BCUT2D eigenvalue weighted by atomic mass is 10.7. The number of aliphatic hydroxyl groups excluding tert-OH is 1. The summed E-state index contributed by atoms with van der Waals surface area (Å²) in [6.07, 6.45) is 3.23. The molecule has 0 aromatic carbocycles. The fourth-order valence-corrected chi connectivity index (χ4v) is 3.41. The van der Waals surface area contributed by atoms with Crippen LogP contribution in [0, 0.1) is 0 Å². The van der Waals surface area contributed by atoms with E-state index in [1.54, 1.807) is 6.08 Å². The highest BCUT2D eigenvalue weighted by Gasteiger charge is 2.38. The van der Waals surface area contributed by atoms with Crippen LogP contribution in [0.3, 0.4) is 0 Å². The molecule has 0 aromatic heterocycles. The molecule has 0 fully saturated rings. The zero-order chi connectivity index (χ0) is 13.6. The molecule has 4 nitrogen and oxygen atoms in total. The summed E-state index contributed by atoms with van der Waals surface area (Å²) in [6.45, 7) is 14.7. The summed E-state index contributed by atoms with van der Waals surface area (Å²) in [5.41, 5.74) is 0. The van der Waals surface area contributed by atoms with Gasteiger partial charge in [-0.25, -0.2) is 0 Å². The molecule has 0 saturated heterocycles. The normalized spacial score (nSPS) is 10.4. The lowest BCUT2D eigenvalue weighted by molar-refractivity contribution is 0.0743. The number of allylic oxidation sites excluding steroid dienone is 1. The van der Waals surface area contributed by atoms with E-state index in [0.717, 1.165) is 0 Å². The fraction of sp³-hybridized carbons (Fsp3) is 0.667. The van der Waals surface area contributed by atoms with Crippen LogP contribution < -0.4 is 0 Å². The van der Waals surface area contributed by atoms with Crippen molar-refractivity contribution < 1.29 is 18.4 Å². The Morgan fingerprint density at radius 2 is 1.29 bits per heavy atom. The highest BCUT2D eigenvalue weighted by molar-refractivity contribution is 6.61. The lowest BCUT2D eigenvalue weighted by Gasteiger charge is -2.27. The maximum absolute atomic E-state index is 7.76. The van der Waals surface area contributed by atoms with Gasteiger partial charge in [0, 0.05) is 25.9 Å². The van der Waals surface area contributed by atoms with E-state index in [1.165, 1.54) is 6.08 Å². The summed E-state index contributed by atoms with van der Waals surface area (Å²) in [5.74, 6) is 0. The SMILES string of the molecule is C=CCO.C=CC[Si](OCC)(OCC)OCC. The van der Waals surface area contributed by atoms with Gasteiger partial charge in [0.2, 0.25) is 0 Å². The Morgan fingerprint density at radius 3 is 1.47 bits per heavy atom. The third kappa shape index (κ3) is 10.4. The van der Waals surface area contributed by atoms with Crippen LogP contribution in [0.15, 0.2) is 25.3 Å². The molecule has 5 heteroatoms. The molecule has 1 N–H and O–H groups in total. The van der Waals surface area contributed by atoms with Crippen molar-refractivity contribution >= 4 is 8.80 Å². The van der Waals surface area contributed by atoms with Gasteiger partial charge in [-0.3, -0.25) is 0 Å². The van der Waals surface area contributed by atoms with E-state index >= 15 is 0 Å². The first kappa shape index (κ1) is 18.9. The van der Waals surface area contributed by atoms with Crippen LogP contribution in [0.4, 0.5) is 0 Å². The van der Waals surface area contributed by atoms with Crippen molar-refractivity contribution in [2.45, 2.75) is 26.8 Å². The first-order chi connectivity index (χ1) is 8.16. The second-order valence-corrected chi connectivity index (χ2v) is 5.59. The van der Waals surface area contributed by atoms with Crippen molar-refractivity contribution in [2.24, 2.45) is 0 Å². The van der Waals surface area contributed by atoms with Gasteiger partial charge < -0.3 is 18.4 Å². The second kappa shape index (κ2) is 13.6. The monoisotopic (exact) mass is 262 g/mol. The Labute approximate surface area is 106 Å². The molecular formula is C12H26O4Si. The molecule has 0 aliphatic carbocycles. The third-order valence-electron chi connectivity index (χ3n) is 1.62. The maximum atomic E-state index is 7.76. The fourth-order valence-electron chi connectivity index (χ4n) is 1.14. The molecule has 0 aromatic rings. The van der Waals surface area contributed by atoms with E-state index in [-0.39, 0.29) is 6.61 Å². The minimum Gasteiger partial charge on any atom is -0.392 e. The zero-order valence-corrected chi connectivity index (χ0v) is 12.3. The van der Waals surface area contributed by atoms with E-state index in [1.807, 2.05) is 20.8 Å². The second-order valence-electron chi connectivity index (χ2n) is 2.95. The molecule has 0 saturated carbocycles. The molecule has 0 atom stereocenters. The number of hydrogen-bond acceptors (Lipinski definition) is 4. The Kier molecular flexibility index (Phi) is 15.1. The lowest BCUT2D eigenvalue weighted by Crippen LogP contribution is -2.45. The minimum absolute atomic E-state index is 0.0833. The van der Waals surface area contributed by atoms with E-state index in [4.69, 9.17) is 18.4 Å². The molecule has 0 rings (SSSR count). The van der Waals surface area contributed by atoms with Gasteiger partial charge in [-0.05, 0) is 20.8 Å². The predicted molar refractivity (Wildman–Crippen MR) is 72.9 cm³/mol. The molecule has 0 aliphatic heterocycles. The first-order valence-electron chi connectivity index (χ1n) is 5.90. The van der Waals surface area contributed by atoms with Gasteiger partial charge in [0.15, 0.2) is 0 Å². The maximum Gasteiger partial charge on any atom is 0.504 e. The standard InChI is InChI=1S/C9H20O3Si.C3H6O/c1-5-9-13(10-6-2,11-7-3)12-8-4;1-2-3-4/h5H,1,6-9H2,2-4H3;2,4H,1,3H2. The van der Waals surface area contributed by atoms with Gasteiger partial charge >= 0.3 is 8.80 Å². The quantitative estimate of drug-likeness (QED) is 0.512. The van der Waals surface area contributed by atoms with Crippen LogP contribution in [0.2, 0.25) is 6.04 Å². The summed E-state index contributed by atoms with van der Waals surface area (Å²) in [6, 6.07) is 0.683. The highest BCUT2D eigenvalue weighted by Crippen LogP contribution is 2.15. The molecule has 0 aliphatic rings. The third-order valence-corrected chi connectivity index (χ3v) is 4.59. The van der Waals surface area contributed by atoms with Gasteiger partial charge in [-0.15, -0.1) is 13.2 Å². The molecule has 17 heavy (non-hydrogen) atoms. The summed E-state index contributed by atoms with van der Waals surface area (Å²) < 4.78 is 16.7. The zero-order valence-electron chi connectivity index (χ0n) is 11.3. The Morgan fingerprint density at radius 1 is 0.941 bits per heavy atom. The highest BCUT2D eigenvalue weighted by atomic mass is 28.4. The van der Waals surface area contributed by atoms with Crippen LogP contribution >= 0.6 is 0 Å². The van der Waals surface area contributed by atoms with Crippen molar-refractivity contribution in [3.8, 4) is 0 Å². The molecule has 0 bridgehead atoms. The van der Waals surface area contributed by atoms with E-state index < -0.39 is 8.80 Å². The Bertz CT molecular complexity index is 168. The molecule has 0 unspecified atom stereocenters. The van der Waals surface area contributed by atoms with Gasteiger partial charge in [-0.2, -0.15) is 0 Å². The smallest absolute Gasteiger partial charge is 0.392 e. The van der Waals surface area contributed by atoms with E-state index in [2.05, 4.69) is 13.2 Å². The Balaban J connectivity index is 0. The Hall–Kier alpha value is -0.463. The van der Waals surface area contributed by atoms with Gasteiger partial charge in [0.25, 0.3) is 0 Å². The minimum atomic E-state index is -2.41. The van der Waals surface area contributed by atoms with Crippen LogP contribution in [0.1, 0.15) is 20.8 Å². The van der Waals surface area contributed by atoms with Gasteiger partial charge in [0.1, 0.15) is 0 Å². The van der Waals surface area contributed by atoms with Crippen LogP contribution in [0.5, 0.6) is 0 Å². The van der Waals surface area contributed by atoms with Crippen molar-refractivity contribution in [2.75, 3.05) is 26.4 Å². The van der Waals surface area contributed by atoms with Crippen LogP contribution in [-0.2, 0) is 13.3 Å². The summed E-state index contributed by atoms with van der Waals surface area (Å²) >= 11 is 0.